The smallest absolute Gasteiger partial charge is 0.342 e. The van der Waals surface area contributed by atoms with Crippen LogP contribution in [0.1, 0.15) is 33.4 Å². The molecule has 4 aromatic rings. The van der Waals surface area contributed by atoms with E-state index in [-0.39, 0.29) is 43.8 Å². The van der Waals surface area contributed by atoms with Crippen LogP contribution in [0.2, 0.25) is 5.02 Å². The van der Waals surface area contributed by atoms with Gasteiger partial charge in [-0.1, -0.05) is 23.7 Å². The van der Waals surface area contributed by atoms with Gasteiger partial charge in [0.05, 0.1) is 28.3 Å². The number of hydrogen-bond acceptors (Lipinski definition) is 7. The minimum absolute atomic E-state index is 0.0423. The highest BCUT2D eigenvalue weighted by atomic mass is 35.5. The number of halogens is 1. The summed E-state index contributed by atoms with van der Waals surface area (Å²) in [4.78, 5) is 37.2. The number of sulfonamides is 1. The van der Waals surface area contributed by atoms with Crippen molar-refractivity contribution in [2.75, 3.05) is 16.7 Å². The second kappa shape index (κ2) is 10.1. The fourth-order valence-electron chi connectivity index (χ4n) is 3.82. The van der Waals surface area contributed by atoms with E-state index in [1.54, 1.807) is 19.1 Å². The molecule has 0 aliphatic carbocycles. The van der Waals surface area contributed by atoms with E-state index in [0.717, 1.165) is 0 Å². The summed E-state index contributed by atoms with van der Waals surface area (Å²) in [7, 11) is -3.28. The summed E-state index contributed by atoms with van der Waals surface area (Å²) in [5.74, 6) is -1.62. The highest BCUT2D eigenvalue weighted by molar-refractivity contribution is 7.93. The SMILES string of the molecule is COC(=O)c1c(C)oc2ccc(N(C(=O)c3ccccc3Cl)S(=O)(=O)c3ccc(NC(C)=O)cc3)cc12. The maximum atomic E-state index is 13.9. The highest BCUT2D eigenvalue weighted by Crippen LogP contribution is 2.34. The van der Waals surface area contributed by atoms with Crippen molar-refractivity contribution in [1.29, 1.82) is 0 Å². The standard InChI is InChI=1S/C26H21ClN2O7S/c1-15-24(26(32)35-3)21-14-18(10-13-23(21)36-15)29(25(31)20-6-4-5-7-22(20)27)37(33,34)19-11-8-17(9-12-19)28-16(2)30/h4-14H,1-3H3,(H,28,30). The highest BCUT2D eigenvalue weighted by Gasteiger charge is 2.34. The lowest BCUT2D eigenvalue weighted by Gasteiger charge is -2.23. The van der Waals surface area contributed by atoms with E-state index in [2.05, 4.69) is 5.32 Å². The van der Waals surface area contributed by atoms with Crippen LogP contribution in [0.3, 0.4) is 0 Å². The van der Waals surface area contributed by atoms with Crippen LogP contribution < -0.4 is 9.62 Å². The summed E-state index contributed by atoms with van der Waals surface area (Å²) in [6.07, 6.45) is 0. The van der Waals surface area contributed by atoms with Crippen LogP contribution in [0.5, 0.6) is 0 Å². The largest absolute Gasteiger partial charge is 0.465 e. The van der Waals surface area contributed by atoms with Gasteiger partial charge in [-0.25, -0.2) is 13.2 Å². The van der Waals surface area contributed by atoms with Crippen LogP contribution in [0.15, 0.2) is 76.0 Å². The fraction of sp³-hybridized carbons (Fsp3) is 0.115. The summed E-state index contributed by atoms with van der Waals surface area (Å²) in [6, 6.07) is 15.6. The van der Waals surface area contributed by atoms with Crippen molar-refractivity contribution in [3.8, 4) is 0 Å². The Morgan fingerprint density at radius 2 is 1.68 bits per heavy atom. The number of nitrogens with zero attached hydrogens (tertiary/aromatic N) is 1. The number of fused-ring (bicyclic) bond motifs is 1. The molecular formula is C26H21ClN2O7S. The van der Waals surface area contributed by atoms with Gasteiger partial charge in [0.25, 0.3) is 15.9 Å². The topological polar surface area (TPSA) is 123 Å². The van der Waals surface area contributed by atoms with Crippen LogP contribution >= 0.6 is 11.6 Å². The van der Waals surface area contributed by atoms with Crippen molar-refractivity contribution in [3.63, 3.8) is 0 Å². The average Bonchev–Trinajstić information content (AvgIpc) is 3.18. The Morgan fingerprint density at radius 3 is 2.30 bits per heavy atom. The van der Waals surface area contributed by atoms with Crippen molar-refractivity contribution in [2.24, 2.45) is 0 Å². The van der Waals surface area contributed by atoms with Gasteiger partial charge in [0.15, 0.2) is 0 Å². The van der Waals surface area contributed by atoms with Gasteiger partial charge in [-0.05, 0) is 61.5 Å². The molecule has 190 valence electrons. The van der Waals surface area contributed by atoms with Crippen LogP contribution in [-0.2, 0) is 19.6 Å². The van der Waals surface area contributed by atoms with E-state index in [0.29, 0.717) is 15.6 Å². The first-order valence-electron chi connectivity index (χ1n) is 10.9. The molecule has 3 aromatic carbocycles. The van der Waals surface area contributed by atoms with Gasteiger partial charge in [-0.2, -0.15) is 4.31 Å². The van der Waals surface area contributed by atoms with Gasteiger partial charge in [0.2, 0.25) is 5.91 Å². The minimum Gasteiger partial charge on any atom is -0.465 e. The van der Waals surface area contributed by atoms with Crippen molar-refractivity contribution < 1.29 is 32.0 Å². The predicted octanol–water partition coefficient (Wildman–Crippen LogP) is 5.18. The third-order valence-electron chi connectivity index (χ3n) is 5.47. The second-order valence-electron chi connectivity index (χ2n) is 7.97. The maximum Gasteiger partial charge on any atom is 0.342 e. The molecule has 9 nitrogen and oxygen atoms in total. The number of carbonyl (C=O) groups excluding carboxylic acids is 3. The molecule has 37 heavy (non-hydrogen) atoms. The lowest BCUT2D eigenvalue weighted by atomic mass is 10.1. The second-order valence-corrected chi connectivity index (χ2v) is 10.2. The summed E-state index contributed by atoms with van der Waals surface area (Å²) >= 11 is 6.24. The quantitative estimate of drug-likeness (QED) is 0.334. The number of amides is 2. The monoisotopic (exact) mass is 540 g/mol. The Balaban J connectivity index is 1.92. The number of nitrogens with one attached hydrogen (secondary N) is 1. The van der Waals surface area contributed by atoms with Crippen molar-refractivity contribution in [3.05, 3.63) is 88.6 Å². The molecule has 0 aliphatic heterocycles. The number of furan rings is 1. The third-order valence-corrected chi connectivity index (χ3v) is 7.53. The Kier molecular flexibility index (Phi) is 7.06. The van der Waals surface area contributed by atoms with Crippen molar-refractivity contribution >= 4 is 61.8 Å². The van der Waals surface area contributed by atoms with Gasteiger partial charge in [-0.3, -0.25) is 9.59 Å². The maximum absolute atomic E-state index is 13.9. The fourth-order valence-corrected chi connectivity index (χ4v) is 5.43. The van der Waals surface area contributed by atoms with Gasteiger partial charge in [0, 0.05) is 18.0 Å². The minimum atomic E-state index is -4.50. The molecule has 1 heterocycles. The molecule has 2 amide bonds. The van der Waals surface area contributed by atoms with Crippen LogP contribution in [0.4, 0.5) is 11.4 Å². The Bertz CT molecular complexity index is 1640. The van der Waals surface area contributed by atoms with E-state index in [1.165, 1.54) is 68.6 Å². The van der Waals surface area contributed by atoms with Gasteiger partial charge in [-0.15, -0.1) is 0 Å². The zero-order chi connectivity index (χ0) is 26.9. The Morgan fingerprint density at radius 1 is 1.00 bits per heavy atom. The number of anilines is 2. The van der Waals surface area contributed by atoms with Gasteiger partial charge < -0.3 is 14.5 Å². The number of methoxy groups -OCH3 is 1. The number of esters is 1. The molecule has 4 rings (SSSR count). The van der Waals surface area contributed by atoms with Gasteiger partial charge in [0.1, 0.15) is 16.9 Å². The van der Waals surface area contributed by atoms with E-state index in [4.69, 9.17) is 20.8 Å². The van der Waals surface area contributed by atoms with Crippen LogP contribution in [0, 0.1) is 6.92 Å². The molecule has 1 N–H and O–H groups in total. The molecule has 11 heteroatoms. The number of hydrogen-bond donors (Lipinski definition) is 1. The van der Waals surface area contributed by atoms with Crippen molar-refractivity contribution in [1.82, 2.24) is 0 Å². The number of ether oxygens (including phenoxy) is 1. The lowest BCUT2D eigenvalue weighted by molar-refractivity contribution is -0.114. The first-order valence-corrected chi connectivity index (χ1v) is 12.7. The molecule has 0 spiro atoms. The Hall–Kier alpha value is -4.15. The molecule has 0 aliphatic rings. The number of aryl methyl sites for hydroxylation is 1. The van der Waals surface area contributed by atoms with Crippen molar-refractivity contribution in [2.45, 2.75) is 18.7 Å². The predicted molar refractivity (Wildman–Crippen MR) is 138 cm³/mol. The first-order chi connectivity index (χ1) is 17.5. The Labute approximate surface area is 217 Å². The lowest BCUT2D eigenvalue weighted by Crippen LogP contribution is -2.37. The summed E-state index contributed by atoms with van der Waals surface area (Å²) in [6.45, 7) is 2.90. The first kappa shape index (κ1) is 25.9. The van der Waals surface area contributed by atoms with Crippen LogP contribution in [0.25, 0.3) is 11.0 Å². The van der Waals surface area contributed by atoms with E-state index >= 15 is 0 Å². The van der Waals surface area contributed by atoms with Gasteiger partial charge >= 0.3 is 5.97 Å². The third kappa shape index (κ3) is 4.93. The number of rotatable bonds is 6. The zero-order valence-electron chi connectivity index (χ0n) is 19.9. The average molecular weight is 541 g/mol. The molecule has 0 fully saturated rings. The molecule has 0 saturated carbocycles. The molecule has 0 atom stereocenters. The molecular weight excluding hydrogens is 520 g/mol. The summed E-state index contributed by atoms with van der Waals surface area (Å²) in [5, 5.41) is 2.89. The normalized spacial score (nSPS) is 11.2. The number of carbonyl (C=O) groups is 3. The van der Waals surface area contributed by atoms with Crippen LogP contribution in [-0.4, -0.2) is 33.3 Å². The molecule has 0 saturated heterocycles. The molecule has 0 radical (unpaired) electrons. The summed E-state index contributed by atoms with van der Waals surface area (Å²) in [5.41, 5.74) is 0.715. The van der Waals surface area contributed by atoms with E-state index in [1.807, 2.05) is 0 Å². The van der Waals surface area contributed by atoms with E-state index in [9.17, 15) is 22.8 Å². The molecule has 1 aromatic heterocycles. The zero-order valence-corrected chi connectivity index (χ0v) is 21.5. The summed E-state index contributed by atoms with van der Waals surface area (Å²) < 4.78 is 38.8. The van der Waals surface area contributed by atoms with E-state index < -0.39 is 21.9 Å². The molecule has 0 unspecified atom stereocenters. The number of benzene rings is 3. The molecule has 0 bridgehead atoms.